The minimum Gasteiger partial charge on any atom is -0.503 e. The van der Waals surface area contributed by atoms with Gasteiger partial charge in [0, 0.05) is 6.54 Å². The van der Waals surface area contributed by atoms with E-state index in [4.69, 9.17) is 9.15 Å². The van der Waals surface area contributed by atoms with Gasteiger partial charge in [-0.05, 0) is 47.7 Å². The lowest BCUT2D eigenvalue weighted by molar-refractivity contribution is -0.129. The van der Waals surface area contributed by atoms with Gasteiger partial charge in [0.05, 0.1) is 23.8 Å². The van der Waals surface area contributed by atoms with Crippen molar-refractivity contribution in [1.82, 2.24) is 4.90 Å². The molecule has 6 nitrogen and oxygen atoms in total. The second-order valence-corrected chi connectivity index (χ2v) is 7.53. The van der Waals surface area contributed by atoms with Crippen LogP contribution < -0.4 is 4.74 Å². The largest absolute Gasteiger partial charge is 0.503 e. The van der Waals surface area contributed by atoms with Gasteiger partial charge in [0.25, 0.3) is 5.91 Å². The van der Waals surface area contributed by atoms with Crippen molar-refractivity contribution in [3.05, 3.63) is 87.7 Å². The minimum absolute atomic E-state index is 0.0575. The normalized spacial score (nSPS) is 16.5. The molecule has 0 spiro atoms. The van der Waals surface area contributed by atoms with Gasteiger partial charge in [0.2, 0.25) is 5.78 Å². The smallest absolute Gasteiger partial charge is 0.290 e. The average Bonchev–Trinajstić information content (AvgIpc) is 3.49. The SMILES string of the molecule is COc1ccc(CCN2C(=O)C(O)=C(C(=O)c3cccs3)C2c2ccco2)cc1. The minimum atomic E-state index is -0.759. The Hall–Kier alpha value is -3.32. The lowest BCUT2D eigenvalue weighted by Crippen LogP contribution is -2.32. The summed E-state index contributed by atoms with van der Waals surface area (Å²) in [6.07, 6.45) is 2.05. The summed E-state index contributed by atoms with van der Waals surface area (Å²) in [5.41, 5.74) is 1.07. The van der Waals surface area contributed by atoms with Gasteiger partial charge in [-0.25, -0.2) is 0 Å². The first-order chi connectivity index (χ1) is 14.1. The first-order valence-corrected chi connectivity index (χ1v) is 9.96. The van der Waals surface area contributed by atoms with Gasteiger partial charge >= 0.3 is 0 Å². The number of aliphatic hydroxyl groups excluding tert-OH is 1. The number of ketones is 1. The number of amides is 1. The molecule has 1 N–H and O–H groups in total. The number of carbonyl (C=O) groups excluding carboxylic acids is 2. The number of thiophene rings is 1. The number of rotatable bonds is 7. The number of methoxy groups -OCH3 is 1. The molecule has 0 radical (unpaired) electrons. The summed E-state index contributed by atoms with van der Waals surface area (Å²) in [6.45, 7) is 0.321. The maximum Gasteiger partial charge on any atom is 0.290 e. The van der Waals surface area contributed by atoms with Crippen molar-refractivity contribution < 1.29 is 23.8 Å². The molecule has 3 aromatic rings. The second kappa shape index (κ2) is 7.97. The van der Waals surface area contributed by atoms with Crippen LogP contribution in [0.5, 0.6) is 5.75 Å². The molecule has 0 saturated heterocycles. The number of aliphatic hydroxyl groups is 1. The van der Waals surface area contributed by atoms with E-state index in [1.165, 1.54) is 22.5 Å². The van der Waals surface area contributed by atoms with Crippen molar-refractivity contribution >= 4 is 23.0 Å². The monoisotopic (exact) mass is 409 g/mol. The van der Waals surface area contributed by atoms with Crippen LogP contribution in [0, 0.1) is 0 Å². The van der Waals surface area contributed by atoms with Crippen LogP contribution in [-0.4, -0.2) is 35.4 Å². The average molecular weight is 409 g/mol. The summed E-state index contributed by atoms with van der Waals surface area (Å²) in [6, 6.07) is 13.6. The summed E-state index contributed by atoms with van der Waals surface area (Å²) >= 11 is 1.27. The molecular formula is C22H19NO5S. The van der Waals surface area contributed by atoms with Gasteiger partial charge in [-0.3, -0.25) is 9.59 Å². The molecule has 1 aliphatic rings. The Balaban J connectivity index is 1.63. The molecule has 0 saturated carbocycles. The molecule has 0 aliphatic carbocycles. The van der Waals surface area contributed by atoms with Gasteiger partial charge in [-0.2, -0.15) is 0 Å². The van der Waals surface area contributed by atoms with Gasteiger partial charge < -0.3 is 19.2 Å². The summed E-state index contributed by atoms with van der Waals surface area (Å²) in [4.78, 5) is 27.8. The predicted octanol–water partition coefficient (Wildman–Crippen LogP) is 4.17. The van der Waals surface area contributed by atoms with Crippen LogP contribution >= 0.6 is 11.3 Å². The van der Waals surface area contributed by atoms with Gasteiger partial charge in [-0.15, -0.1) is 11.3 Å². The zero-order valence-corrected chi connectivity index (χ0v) is 16.5. The topological polar surface area (TPSA) is 80.0 Å². The Morgan fingerprint density at radius 1 is 1.21 bits per heavy atom. The molecule has 0 bridgehead atoms. The molecule has 1 atom stereocenters. The fraction of sp³-hybridized carbons (Fsp3) is 0.182. The highest BCUT2D eigenvalue weighted by Gasteiger charge is 2.45. The van der Waals surface area contributed by atoms with E-state index >= 15 is 0 Å². The fourth-order valence-electron chi connectivity index (χ4n) is 3.44. The summed E-state index contributed by atoms with van der Waals surface area (Å²) in [7, 11) is 1.60. The molecule has 1 aliphatic heterocycles. The quantitative estimate of drug-likeness (QED) is 0.593. The van der Waals surface area contributed by atoms with Crippen molar-refractivity contribution in [2.24, 2.45) is 0 Å². The highest BCUT2D eigenvalue weighted by Crippen LogP contribution is 2.39. The standard InChI is InChI=1S/C22H19NO5S/c1-27-15-8-6-14(7-9-15)10-11-23-19(16-4-2-12-28-16)18(21(25)22(23)26)20(24)17-5-3-13-29-17/h2-9,12-13,19,25H,10-11H2,1H3. The molecule has 7 heteroatoms. The molecule has 2 aromatic heterocycles. The summed E-state index contributed by atoms with van der Waals surface area (Å²) in [5.74, 6) is -0.252. The van der Waals surface area contributed by atoms with Crippen LogP contribution in [0.25, 0.3) is 0 Å². The number of ether oxygens (including phenoxy) is 1. The van der Waals surface area contributed by atoms with Crippen LogP contribution in [-0.2, 0) is 11.2 Å². The molecular weight excluding hydrogens is 390 g/mol. The lowest BCUT2D eigenvalue weighted by atomic mass is 10.00. The van der Waals surface area contributed by atoms with Crippen molar-refractivity contribution in [1.29, 1.82) is 0 Å². The summed E-state index contributed by atoms with van der Waals surface area (Å²) in [5, 5.41) is 12.3. The second-order valence-electron chi connectivity index (χ2n) is 6.58. The van der Waals surface area contributed by atoms with Crippen LogP contribution in [0.2, 0.25) is 0 Å². The molecule has 1 amide bonds. The van der Waals surface area contributed by atoms with Crippen molar-refractivity contribution in [2.45, 2.75) is 12.5 Å². The molecule has 148 valence electrons. The molecule has 4 rings (SSSR count). The molecule has 0 fully saturated rings. The lowest BCUT2D eigenvalue weighted by Gasteiger charge is -2.24. The van der Waals surface area contributed by atoms with Crippen molar-refractivity contribution in [3.8, 4) is 5.75 Å². The van der Waals surface area contributed by atoms with Gasteiger partial charge in [-0.1, -0.05) is 18.2 Å². The van der Waals surface area contributed by atoms with E-state index in [2.05, 4.69) is 0 Å². The molecule has 29 heavy (non-hydrogen) atoms. The number of benzene rings is 1. The van der Waals surface area contributed by atoms with Crippen molar-refractivity contribution in [3.63, 3.8) is 0 Å². The predicted molar refractivity (Wildman–Crippen MR) is 108 cm³/mol. The van der Waals surface area contributed by atoms with E-state index in [1.807, 2.05) is 24.3 Å². The maximum absolute atomic E-state index is 13.0. The Morgan fingerprint density at radius 3 is 2.62 bits per heavy atom. The zero-order valence-electron chi connectivity index (χ0n) is 15.7. The van der Waals surface area contributed by atoms with Crippen LogP contribution in [0.1, 0.15) is 27.0 Å². The van der Waals surface area contributed by atoms with E-state index in [-0.39, 0.29) is 11.4 Å². The van der Waals surface area contributed by atoms with Crippen molar-refractivity contribution in [2.75, 3.05) is 13.7 Å². The molecule has 3 heterocycles. The molecule has 1 unspecified atom stereocenters. The Morgan fingerprint density at radius 2 is 2.00 bits per heavy atom. The first kappa shape index (κ1) is 19.0. The number of hydrogen-bond acceptors (Lipinski definition) is 6. The third-order valence-corrected chi connectivity index (χ3v) is 5.78. The third kappa shape index (κ3) is 3.56. The van der Waals surface area contributed by atoms with Crippen LogP contribution in [0.3, 0.4) is 0 Å². The highest BCUT2D eigenvalue weighted by atomic mass is 32.1. The third-order valence-electron chi connectivity index (χ3n) is 4.91. The fourth-order valence-corrected chi connectivity index (χ4v) is 4.12. The first-order valence-electron chi connectivity index (χ1n) is 9.08. The van der Waals surface area contributed by atoms with E-state index in [0.717, 1.165) is 11.3 Å². The molecule has 1 aromatic carbocycles. The van der Waals surface area contributed by atoms with E-state index < -0.39 is 17.7 Å². The summed E-state index contributed by atoms with van der Waals surface area (Å²) < 4.78 is 10.7. The maximum atomic E-state index is 13.0. The highest BCUT2D eigenvalue weighted by molar-refractivity contribution is 7.12. The number of nitrogens with zero attached hydrogens (tertiary/aromatic N) is 1. The van der Waals surface area contributed by atoms with Crippen LogP contribution in [0.15, 0.2) is 75.9 Å². The van der Waals surface area contributed by atoms with Gasteiger partial charge in [0.1, 0.15) is 17.6 Å². The number of hydrogen-bond donors (Lipinski definition) is 1. The number of carbonyl (C=O) groups is 2. The number of furan rings is 1. The van der Waals surface area contributed by atoms with E-state index in [1.54, 1.807) is 36.8 Å². The van der Waals surface area contributed by atoms with E-state index in [9.17, 15) is 14.7 Å². The Bertz CT molecular complexity index is 1040. The van der Waals surface area contributed by atoms with Crippen LogP contribution in [0.4, 0.5) is 0 Å². The van der Waals surface area contributed by atoms with E-state index in [0.29, 0.717) is 23.6 Å². The van der Waals surface area contributed by atoms with Gasteiger partial charge in [0.15, 0.2) is 5.76 Å². The Labute approximate surface area is 171 Å². The number of Topliss-reactive ketones (excluding diaryl/α,β-unsaturated/α-hetero) is 1. The zero-order chi connectivity index (χ0) is 20.4. The Kier molecular flexibility index (Phi) is 5.22.